The molecule has 1 aliphatic heterocycles. The topological polar surface area (TPSA) is 18.5 Å². The SMILES string of the molecule is CC(C)C1CC2(COCCO2)C1. The van der Waals surface area contributed by atoms with Crippen molar-refractivity contribution in [1.82, 2.24) is 0 Å². The van der Waals surface area contributed by atoms with E-state index >= 15 is 0 Å². The summed E-state index contributed by atoms with van der Waals surface area (Å²) in [5.74, 6) is 1.67. The van der Waals surface area contributed by atoms with Crippen molar-refractivity contribution in [3.05, 3.63) is 0 Å². The molecule has 2 aliphatic rings. The monoisotopic (exact) mass is 170 g/mol. The van der Waals surface area contributed by atoms with Crippen LogP contribution in [0.3, 0.4) is 0 Å². The number of hydrogen-bond donors (Lipinski definition) is 0. The van der Waals surface area contributed by atoms with E-state index in [1.165, 1.54) is 12.8 Å². The van der Waals surface area contributed by atoms with Gasteiger partial charge in [-0.1, -0.05) is 13.8 Å². The van der Waals surface area contributed by atoms with Crippen LogP contribution in [0.25, 0.3) is 0 Å². The van der Waals surface area contributed by atoms with Gasteiger partial charge in [0.2, 0.25) is 0 Å². The summed E-state index contributed by atoms with van der Waals surface area (Å²) in [5.41, 5.74) is 0.132. The van der Waals surface area contributed by atoms with Gasteiger partial charge in [-0.3, -0.25) is 0 Å². The van der Waals surface area contributed by atoms with Gasteiger partial charge in [-0.05, 0) is 24.7 Å². The molecule has 2 heteroatoms. The van der Waals surface area contributed by atoms with Crippen molar-refractivity contribution in [2.75, 3.05) is 19.8 Å². The second-order valence-corrected chi connectivity index (χ2v) is 4.50. The summed E-state index contributed by atoms with van der Waals surface area (Å²) in [7, 11) is 0. The standard InChI is InChI=1S/C10H18O2/c1-8(2)9-5-10(6-9)7-11-3-4-12-10/h8-9H,3-7H2,1-2H3. The lowest BCUT2D eigenvalue weighted by Gasteiger charge is -2.50. The molecule has 1 heterocycles. The van der Waals surface area contributed by atoms with E-state index in [9.17, 15) is 0 Å². The predicted octanol–water partition coefficient (Wildman–Crippen LogP) is 1.84. The Kier molecular flexibility index (Phi) is 2.13. The molecule has 2 fully saturated rings. The van der Waals surface area contributed by atoms with Gasteiger partial charge >= 0.3 is 0 Å². The molecule has 12 heavy (non-hydrogen) atoms. The summed E-state index contributed by atoms with van der Waals surface area (Å²) >= 11 is 0. The van der Waals surface area contributed by atoms with Gasteiger partial charge in [0, 0.05) is 0 Å². The van der Waals surface area contributed by atoms with Gasteiger partial charge in [0.1, 0.15) is 0 Å². The van der Waals surface area contributed by atoms with Gasteiger partial charge in [-0.2, -0.15) is 0 Å². The van der Waals surface area contributed by atoms with Crippen molar-refractivity contribution >= 4 is 0 Å². The van der Waals surface area contributed by atoms with Crippen molar-refractivity contribution in [2.24, 2.45) is 11.8 Å². The minimum atomic E-state index is 0.132. The molecular weight excluding hydrogens is 152 g/mol. The smallest absolute Gasteiger partial charge is 0.0921 e. The van der Waals surface area contributed by atoms with E-state index in [0.29, 0.717) is 0 Å². The van der Waals surface area contributed by atoms with E-state index in [4.69, 9.17) is 9.47 Å². The van der Waals surface area contributed by atoms with Crippen LogP contribution >= 0.6 is 0 Å². The van der Waals surface area contributed by atoms with E-state index in [1.807, 2.05) is 0 Å². The maximum atomic E-state index is 5.76. The highest BCUT2D eigenvalue weighted by molar-refractivity contribution is 4.97. The fourth-order valence-electron chi connectivity index (χ4n) is 2.22. The molecule has 0 aromatic carbocycles. The van der Waals surface area contributed by atoms with E-state index in [1.54, 1.807) is 0 Å². The van der Waals surface area contributed by atoms with Crippen molar-refractivity contribution < 1.29 is 9.47 Å². The van der Waals surface area contributed by atoms with E-state index in [0.717, 1.165) is 31.7 Å². The highest BCUT2D eigenvalue weighted by atomic mass is 16.6. The van der Waals surface area contributed by atoms with Crippen LogP contribution < -0.4 is 0 Å². The van der Waals surface area contributed by atoms with Crippen LogP contribution in [-0.2, 0) is 9.47 Å². The van der Waals surface area contributed by atoms with Gasteiger partial charge in [-0.25, -0.2) is 0 Å². The third-order valence-electron chi connectivity index (χ3n) is 3.21. The zero-order valence-corrected chi connectivity index (χ0v) is 8.01. The normalized spacial score (nSPS) is 41.8. The van der Waals surface area contributed by atoms with E-state index in [2.05, 4.69) is 13.8 Å². The van der Waals surface area contributed by atoms with Crippen LogP contribution in [0.4, 0.5) is 0 Å². The first-order valence-corrected chi connectivity index (χ1v) is 4.94. The van der Waals surface area contributed by atoms with Gasteiger partial charge in [0.15, 0.2) is 0 Å². The third kappa shape index (κ3) is 1.38. The Morgan fingerprint density at radius 1 is 1.25 bits per heavy atom. The lowest BCUT2D eigenvalue weighted by atomic mass is 9.66. The van der Waals surface area contributed by atoms with Gasteiger partial charge in [0.25, 0.3) is 0 Å². The summed E-state index contributed by atoms with van der Waals surface area (Å²) < 4.78 is 11.2. The minimum Gasteiger partial charge on any atom is -0.376 e. The maximum absolute atomic E-state index is 5.76. The number of ether oxygens (including phenoxy) is 2. The molecule has 70 valence electrons. The second-order valence-electron chi connectivity index (χ2n) is 4.50. The largest absolute Gasteiger partial charge is 0.376 e. The van der Waals surface area contributed by atoms with Crippen molar-refractivity contribution in [3.63, 3.8) is 0 Å². The quantitative estimate of drug-likeness (QED) is 0.598. The molecule has 0 aromatic rings. The molecular formula is C10H18O2. The van der Waals surface area contributed by atoms with Gasteiger partial charge < -0.3 is 9.47 Å². The van der Waals surface area contributed by atoms with Gasteiger partial charge in [0.05, 0.1) is 25.4 Å². The average Bonchev–Trinajstić information content (AvgIpc) is 2.01. The Hall–Kier alpha value is -0.0800. The Bertz CT molecular complexity index is 151. The zero-order valence-electron chi connectivity index (χ0n) is 8.01. The molecule has 1 spiro atoms. The van der Waals surface area contributed by atoms with Crippen LogP contribution in [0.15, 0.2) is 0 Å². The lowest BCUT2D eigenvalue weighted by Crippen LogP contribution is -2.54. The van der Waals surface area contributed by atoms with E-state index in [-0.39, 0.29) is 5.60 Å². The molecule has 0 radical (unpaired) electrons. The Morgan fingerprint density at radius 2 is 2.00 bits per heavy atom. The molecule has 1 aliphatic carbocycles. The van der Waals surface area contributed by atoms with Crippen LogP contribution in [-0.4, -0.2) is 25.4 Å². The number of rotatable bonds is 1. The maximum Gasteiger partial charge on any atom is 0.0921 e. The molecule has 1 saturated heterocycles. The molecule has 0 unspecified atom stereocenters. The molecule has 0 atom stereocenters. The molecule has 0 N–H and O–H groups in total. The summed E-state index contributed by atoms with van der Waals surface area (Å²) in [4.78, 5) is 0. The molecule has 2 nitrogen and oxygen atoms in total. The molecule has 0 bridgehead atoms. The first kappa shape index (κ1) is 8.52. The average molecular weight is 170 g/mol. The zero-order chi connectivity index (χ0) is 8.60. The van der Waals surface area contributed by atoms with E-state index < -0.39 is 0 Å². The second kappa shape index (κ2) is 3.00. The van der Waals surface area contributed by atoms with Crippen LogP contribution in [0, 0.1) is 11.8 Å². The summed E-state index contributed by atoms with van der Waals surface area (Å²) in [6, 6.07) is 0. The highest BCUT2D eigenvalue weighted by Crippen LogP contribution is 2.45. The van der Waals surface area contributed by atoms with Crippen LogP contribution in [0.2, 0.25) is 0 Å². The predicted molar refractivity (Wildman–Crippen MR) is 47.1 cm³/mol. The lowest BCUT2D eigenvalue weighted by molar-refractivity contribution is -0.215. The molecule has 1 saturated carbocycles. The fraction of sp³-hybridized carbons (Fsp3) is 1.00. The van der Waals surface area contributed by atoms with Crippen LogP contribution in [0.1, 0.15) is 26.7 Å². The Morgan fingerprint density at radius 3 is 2.50 bits per heavy atom. The summed E-state index contributed by atoms with van der Waals surface area (Å²) in [6.07, 6.45) is 2.43. The van der Waals surface area contributed by atoms with Crippen molar-refractivity contribution in [2.45, 2.75) is 32.3 Å². The molecule has 0 amide bonds. The summed E-state index contributed by atoms with van der Waals surface area (Å²) in [6.45, 7) is 7.00. The first-order valence-electron chi connectivity index (χ1n) is 4.94. The molecule has 0 aromatic heterocycles. The summed E-state index contributed by atoms with van der Waals surface area (Å²) in [5, 5.41) is 0. The molecule has 2 rings (SSSR count). The van der Waals surface area contributed by atoms with Crippen LogP contribution in [0.5, 0.6) is 0 Å². The minimum absolute atomic E-state index is 0.132. The van der Waals surface area contributed by atoms with Crippen molar-refractivity contribution in [1.29, 1.82) is 0 Å². The Balaban J connectivity index is 1.84. The Labute approximate surface area is 74.2 Å². The third-order valence-corrected chi connectivity index (χ3v) is 3.21. The number of hydrogen-bond acceptors (Lipinski definition) is 2. The fourth-order valence-corrected chi connectivity index (χ4v) is 2.22. The first-order chi connectivity index (χ1) is 5.72. The van der Waals surface area contributed by atoms with Gasteiger partial charge in [-0.15, -0.1) is 0 Å². The van der Waals surface area contributed by atoms with Crippen molar-refractivity contribution in [3.8, 4) is 0 Å². The highest BCUT2D eigenvalue weighted by Gasteiger charge is 2.47.